The minimum atomic E-state index is 0.578. The van der Waals surface area contributed by atoms with Gasteiger partial charge in [0.1, 0.15) is 16.2 Å². The van der Waals surface area contributed by atoms with Gasteiger partial charge in [-0.05, 0) is 35.0 Å². The van der Waals surface area contributed by atoms with Crippen LogP contribution in [0.5, 0.6) is 5.75 Å². The number of hydrogen-bond acceptors (Lipinski definition) is 4. The molecule has 0 aromatic heterocycles. The Morgan fingerprint density at radius 3 is 2.79 bits per heavy atom. The molecule has 0 saturated heterocycles. The van der Waals surface area contributed by atoms with Gasteiger partial charge in [0.25, 0.3) is 0 Å². The number of allylic oxidation sites excluding steroid dienone is 2. The maximum absolute atomic E-state index is 5.80. The van der Waals surface area contributed by atoms with Crippen LogP contribution in [0.25, 0.3) is 0 Å². The third kappa shape index (κ3) is 4.79. The first kappa shape index (κ1) is 15.3. The Morgan fingerprint density at radius 2 is 2.21 bits per heavy atom. The summed E-state index contributed by atoms with van der Waals surface area (Å²) in [7, 11) is 1.65. The Bertz CT molecular complexity index is 505. The molecule has 0 aliphatic carbocycles. The number of hydrogen-bond donors (Lipinski definition) is 2. The van der Waals surface area contributed by atoms with Crippen LogP contribution in [0.2, 0.25) is 0 Å². The zero-order valence-corrected chi connectivity index (χ0v) is 12.7. The molecule has 3 N–H and O–H groups in total. The minimum Gasteiger partial charge on any atom is -0.496 e. The lowest BCUT2D eigenvalue weighted by molar-refractivity contribution is 0.408. The summed E-state index contributed by atoms with van der Waals surface area (Å²) in [6, 6.07) is 7.79. The highest BCUT2D eigenvalue weighted by atomic mass is 79.9. The van der Waals surface area contributed by atoms with Crippen molar-refractivity contribution in [3.63, 3.8) is 0 Å². The van der Waals surface area contributed by atoms with Gasteiger partial charge in [-0.3, -0.25) is 0 Å². The Hall–Kier alpha value is -1.75. The molecule has 0 amide bonds. The normalized spacial score (nSPS) is 12.7. The van der Waals surface area contributed by atoms with E-state index in [1.54, 1.807) is 20.1 Å². The monoisotopic (exact) mass is 323 g/mol. The van der Waals surface area contributed by atoms with Gasteiger partial charge in [0.05, 0.1) is 7.11 Å². The van der Waals surface area contributed by atoms with Gasteiger partial charge in [-0.15, -0.1) is 0 Å². The van der Waals surface area contributed by atoms with Crippen LogP contribution in [0.15, 0.2) is 53.4 Å². The smallest absolute Gasteiger partial charge is 0.146 e. The minimum absolute atomic E-state index is 0.578. The molecule has 0 aliphatic rings. The Morgan fingerprint density at radius 1 is 1.53 bits per heavy atom. The van der Waals surface area contributed by atoms with Crippen molar-refractivity contribution in [3.8, 4) is 5.75 Å². The number of methoxy groups -OCH3 is 1. The van der Waals surface area contributed by atoms with Crippen LogP contribution in [-0.2, 0) is 6.54 Å². The van der Waals surface area contributed by atoms with Crippen molar-refractivity contribution in [1.82, 2.24) is 5.32 Å². The van der Waals surface area contributed by atoms with E-state index in [-0.39, 0.29) is 0 Å². The van der Waals surface area contributed by atoms with Crippen molar-refractivity contribution in [2.45, 2.75) is 13.5 Å². The van der Waals surface area contributed by atoms with Crippen LogP contribution >= 0.6 is 15.9 Å². The van der Waals surface area contributed by atoms with Crippen molar-refractivity contribution < 1.29 is 4.74 Å². The maximum atomic E-state index is 5.80. The average molecular weight is 324 g/mol. The lowest BCUT2D eigenvalue weighted by Gasteiger charge is -2.11. The summed E-state index contributed by atoms with van der Waals surface area (Å²) in [5, 5.41) is 3.18. The van der Waals surface area contributed by atoms with Gasteiger partial charge < -0.3 is 15.8 Å². The second-order valence-corrected chi connectivity index (χ2v) is 4.65. The van der Waals surface area contributed by atoms with Gasteiger partial charge in [-0.1, -0.05) is 24.8 Å². The molecule has 1 aromatic rings. The van der Waals surface area contributed by atoms with Crippen LogP contribution in [0.1, 0.15) is 12.5 Å². The van der Waals surface area contributed by atoms with Gasteiger partial charge in [0.2, 0.25) is 0 Å². The fraction of sp³-hybridized carbons (Fsp3) is 0.214. The number of rotatable bonds is 6. The molecule has 1 aromatic carbocycles. The van der Waals surface area contributed by atoms with E-state index in [9.17, 15) is 0 Å². The summed E-state index contributed by atoms with van der Waals surface area (Å²) < 4.78 is 5.92. The topological polar surface area (TPSA) is 59.6 Å². The quantitative estimate of drug-likeness (QED) is 0.791. The van der Waals surface area contributed by atoms with Crippen molar-refractivity contribution in [3.05, 3.63) is 54.0 Å². The number of nitrogens with two attached hydrogens (primary N) is 1. The fourth-order valence-electron chi connectivity index (χ4n) is 1.45. The predicted molar refractivity (Wildman–Crippen MR) is 83.3 cm³/mol. The number of nitrogens with zero attached hydrogens (tertiary/aromatic N) is 1. The van der Waals surface area contributed by atoms with Crippen molar-refractivity contribution in [1.29, 1.82) is 0 Å². The molecule has 5 heteroatoms. The molecule has 0 radical (unpaired) electrons. The Kier molecular flexibility index (Phi) is 6.15. The first-order chi connectivity index (χ1) is 9.08. The SMILES string of the molecule is C=C/C(Br)=N\C(NCc1ccccc1OC)=C(/C)N. The van der Waals surface area contributed by atoms with E-state index in [1.165, 1.54) is 0 Å². The summed E-state index contributed by atoms with van der Waals surface area (Å²) in [4.78, 5) is 4.28. The number of aliphatic imine (C=N–C) groups is 1. The summed E-state index contributed by atoms with van der Waals surface area (Å²) in [6.07, 6.45) is 1.60. The molecular weight excluding hydrogens is 306 g/mol. The Balaban J connectivity index is 2.84. The van der Waals surface area contributed by atoms with E-state index >= 15 is 0 Å². The number of halogens is 1. The Labute approximate surface area is 122 Å². The third-order valence-electron chi connectivity index (χ3n) is 2.40. The summed E-state index contributed by atoms with van der Waals surface area (Å²) in [5.74, 6) is 1.44. The fourth-order valence-corrected chi connectivity index (χ4v) is 1.62. The molecule has 4 nitrogen and oxygen atoms in total. The van der Waals surface area contributed by atoms with Gasteiger partial charge >= 0.3 is 0 Å². The molecule has 0 bridgehead atoms. The number of ether oxygens (including phenoxy) is 1. The predicted octanol–water partition coefficient (Wildman–Crippen LogP) is 2.91. The molecule has 19 heavy (non-hydrogen) atoms. The second kappa shape index (κ2) is 7.63. The van der Waals surface area contributed by atoms with Crippen LogP contribution in [-0.4, -0.2) is 11.7 Å². The highest BCUT2D eigenvalue weighted by Crippen LogP contribution is 2.17. The van der Waals surface area contributed by atoms with E-state index in [2.05, 4.69) is 32.8 Å². The van der Waals surface area contributed by atoms with E-state index < -0.39 is 0 Å². The zero-order valence-electron chi connectivity index (χ0n) is 11.1. The molecule has 102 valence electrons. The molecule has 0 aliphatic heterocycles. The molecule has 0 spiro atoms. The van der Waals surface area contributed by atoms with E-state index in [0.29, 0.717) is 22.7 Å². The summed E-state index contributed by atoms with van der Waals surface area (Å²) in [6.45, 7) is 6.00. The summed E-state index contributed by atoms with van der Waals surface area (Å²) >= 11 is 3.28. The van der Waals surface area contributed by atoms with E-state index in [4.69, 9.17) is 10.5 Å². The molecule has 0 saturated carbocycles. The molecule has 0 unspecified atom stereocenters. The molecule has 1 rings (SSSR count). The first-order valence-corrected chi connectivity index (χ1v) is 6.56. The highest BCUT2D eigenvalue weighted by molar-refractivity contribution is 9.18. The van der Waals surface area contributed by atoms with Gasteiger partial charge in [-0.2, -0.15) is 0 Å². The average Bonchev–Trinajstić information content (AvgIpc) is 2.43. The highest BCUT2D eigenvalue weighted by Gasteiger charge is 2.04. The molecule has 0 fully saturated rings. The zero-order chi connectivity index (χ0) is 14.3. The standard InChI is InChI=1S/C14H18BrN3O/c1-4-13(15)18-14(10(2)16)17-9-11-7-5-6-8-12(11)19-3/h4-8,17H,1,9,16H2,2-3H3/b14-10+,18-13+. The second-order valence-electron chi connectivity index (χ2n) is 3.84. The molecule has 0 heterocycles. The van der Waals surface area contributed by atoms with Crippen molar-refractivity contribution in [2.75, 3.05) is 7.11 Å². The third-order valence-corrected chi connectivity index (χ3v) is 2.90. The van der Waals surface area contributed by atoms with E-state index in [0.717, 1.165) is 11.3 Å². The van der Waals surface area contributed by atoms with Crippen molar-refractivity contribution >= 4 is 20.6 Å². The van der Waals surface area contributed by atoms with Crippen LogP contribution < -0.4 is 15.8 Å². The van der Waals surface area contributed by atoms with Crippen LogP contribution in [0.4, 0.5) is 0 Å². The first-order valence-electron chi connectivity index (χ1n) is 5.77. The number of nitrogens with one attached hydrogen (secondary N) is 1. The maximum Gasteiger partial charge on any atom is 0.146 e. The molecule has 0 atom stereocenters. The summed E-state index contributed by atoms with van der Waals surface area (Å²) in [5.41, 5.74) is 7.44. The number of para-hydroxylation sites is 1. The van der Waals surface area contributed by atoms with Crippen LogP contribution in [0, 0.1) is 0 Å². The largest absolute Gasteiger partial charge is 0.496 e. The lowest BCUT2D eigenvalue weighted by atomic mass is 10.2. The van der Waals surface area contributed by atoms with E-state index in [1.807, 2.05) is 24.3 Å². The van der Waals surface area contributed by atoms with Gasteiger partial charge in [-0.25, -0.2) is 4.99 Å². The van der Waals surface area contributed by atoms with Crippen molar-refractivity contribution in [2.24, 2.45) is 10.7 Å². The molecular formula is C14H18BrN3O. The lowest BCUT2D eigenvalue weighted by Crippen LogP contribution is -2.16. The van der Waals surface area contributed by atoms with Gasteiger partial charge in [0, 0.05) is 17.8 Å². The van der Waals surface area contributed by atoms with Gasteiger partial charge in [0.15, 0.2) is 0 Å². The van der Waals surface area contributed by atoms with Crippen LogP contribution in [0.3, 0.4) is 0 Å². The number of benzene rings is 1.